The minimum atomic E-state index is -0.307. The Bertz CT molecular complexity index is 790. The zero-order valence-corrected chi connectivity index (χ0v) is 11.1. The summed E-state index contributed by atoms with van der Waals surface area (Å²) >= 11 is 0. The Kier molecular flexibility index (Phi) is 3.08. The second-order valence-electron chi connectivity index (χ2n) is 4.78. The number of H-pyrrole nitrogens is 1. The van der Waals surface area contributed by atoms with Crippen molar-refractivity contribution >= 4 is 5.78 Å². The molecule has 6 heteroatoms. The number of rotatable bonds is 3. The van der Waals surface area contributed by atoms with Gasteiger partial charge in [0.05, 0.1) is 6.04 Å². The van der Waals surface area contributed by atoms with E-state index in [4.69, 9.17) is 5.73 Å². The lowest BCUT2D eigenvalue weighted by atomic mass is 10.1. The molecule has 6 nitrogen and oxygen atoms in total. The third-order valence-electron chi connectivity index (χ3n) is 3.13. The van der Waals surface area contributed by atoms with Crippen molar-refractivity contribution < 1.29 is 0 Å². The van der Waals surface area contributed by atoms with Crippen LogP contribution < -0.4 is 11.3 Å². The standard InChI is InChI=1S/C14H15N5O/c1-9-7-12(20)19-14(16-9)17-13(18-19)11(15)8-10-5-3-2-4-6-10/h2-7,11H,8,15H2,1H3,(H,16,17,18). The first-order valence-electron chi connectivity index (χ1n) is 6.39. The number of nitrogens with zero attached hydrogens (tertiary/aromatic N) is 3. The van der Waals surface area contributed by atoms with E-state index in [1.165, 1.54) is 10.6 Å². The minimum absolute atomic E-state index is 0.182. The molecular weight excluding hydrogens is 254 g/mol. The smallest absolute Gasteiger partial charge is 0.274 e. The molecule has 0 bridgehead atoms. The van der Waals surface area contributed by atoms with Crippen molar-refractivity contribution in [3.63, 3.8) is 0 Å². The summed E-state index contributed by atoms with van der Waals surface area (Å²) in [5, 5.41) is 2.92. The molecule has 0 amide bonds. The molecule has 1 unspecified atom stereocenters. The number of aromatic amines is 1. The zero-order chi connectivity index (χ0) is 14.1. The molecule has 1 aromatic carbocycles. The number of benzene rings is 1. The number of hydrogen-bond donors (Lipinski definition) is 2. The predicted octanol–water partition coefficient (Wildman–Crippen LogP) is 0.969. The summed E-state index contributed by atoms with van der Waals surface area (Å²) < 4.78 is 1.31. The van der Waals surface area contributed by atoms with Gasteiger partial charge in [-0.1, -0.05) is 30.3 Å². The van der Waals surface area contributed by atoms with Crippen molar-refractivity contribution in [2.24, 2.45) is 5.73 Å². The van der Waals surface area contributed by atoms with E-state index in [1.54, 1.807) is 6.92 Å². The van der Waals surface area contributed by atoms with Crippen LogP contribution in [0, 0.1) is 6.92 Å². The first-order chi connectivity index (χ1) is 9.63. The average Bonchev–Trinajstić information content (AvgIpc) is 2.84. The van der Waals surface area contributed by atoms with Crippen LogP contribution in [0.1, 0.15) is 23.1 Å². The van der Waals surface area contributed by atoms with Gasteiger partial charge in [-0.15, -0.1) is 0 Å². The molecule has 0 aliphatic rings. The van der Waals surface area contributed by atoms with E-state index in [0.717, 1.165) is 5.56 Å². The molecule has 3 rings (SSSR count). The maximum absolute atomic E-state index is 11.8. The number of nitrogens with one attached hydrogen (secondary N) is 1. The lowest BCUT2D eigenvalue weighted by Gasteiger charge is -2.07. The molecule has 0 radical (unpaired) electrons. The summed E-state index contributed by atoms with van der Waals surface area (Å²) in [5.41, 5.74) is 7.73. The highest BCUT2D eigenvalue weighted by Gasteiger charge is 2.13. The van der Waals surface area contributed by atoms with Gasteiger partial charge in [0, 0.05) is 11.8 Å². The average molecular weight is 269 g/mol. The summed E-state index contributed by atoms with van der Waals surface area (Å²) in [6.07, 6.45) is 0.647. The third-order valence-corrected chi connectivity index (χ3v) is 3.13. The Hall–Kier alpha value is -2.47. The van der Waals surface area contributed by atoms with E-state index in [9.17, 15) is 4.79 Å². The maximum Gasteiger partial charge on any atom is 0.274 e. The number of aryl methyl sites for hydroxylation is 1. The zero-order valence-electron chi connectivity index (χ0n) is 11.1. The largest absolute Gasteiger partial charge is 0.321 e. The van der Waals surface area contributed by atoms with E-state index >= 15 is 0 Å². The van der Waals surface area contributed by atoms with Crippen molar-refractivity contribution in [2.45, 2.75) is 19.4 Å². The molecule has 20 heavy (non-hydrogen) atoms. The SMILES string of the molecule is Cc1cc(=O)n2[nH]c(C(N)Cc3ccccc3)nc2n1. The van der Waals surface area contributed by atoms with Gasteiger partial charge in [-0.05, 0) is 18.9 Å². The molecule has 1 atom stereocenters. The molecular formula is C14H15N5O. The number of hydrogen-bond acceptors (Lipinski definition) is 4. The van der Waals surface area contributed by atoms with Gasteiger partial charge in [-0.2, -0.15) is 9.50 Å². The highest BCUT2D eigenvalue weighted by atomic mass is 16.1. The highest BCUT2D eigenvalue weighted by molar-refractivity contribution is 5.28. The molecule has 2 aromatic heterocycles. The first-order valence-corrected chi connectivity index (χ1v) is 6.39. The Morgan fingerprint density at radius 2 is 2.05 bits per heavy atom. The molecule has 0 aliphatic carbocycles. The lowest BCUT2D eigenvalue weighted by Crippen LogP contribution is -2.17. The van der Waals surface area contributed by atoms with Gasteiger partial charge in [0.15, 0.2) is 0 Å². The lowest BCUT2D eigenvalue weighted by molar-refractivity contribution is 0.663. The number of aromatic nitrogens is 4. The second kappa shape index (κ2) is 4.90. The molecule has 0 saturated heterocycles. The van der Waals surface area contributed by atoms with Crippen LogP contribution in [-0.4, -0.2) is 19.6 Å². The molecule has 2 heterocycles. The molecule has 0 aliphatic heterocycles. The topological polar surface area (TPSA) is 89.1 Å². The number of fused-ring (bicyclic) bond motifs is 1. The van der Waals surface area contributed by atoms with Gasteiger partial charge >= 0.3 is 0 Å². The van der Waals surface area contributed by atoms with Gasteiger partial charge < -0.3 is 5.73 Å². The monoisotopic (exact) mass is 269 g/mol. The van der Waals surface area contributed by atoms with Gasteiger partial charge in [0.1, 0.15) is 5.82 Å². The van der Waals surface area contributed by atoms with Gasteiger partial charge in [-0.3, -0.25) is 9.89 Å². The Labute approximate surface area is 115 Å². The summed E-state index contributed by atoms with van der Waals surface area (Å²) in [5.74, 6) is 0.914. The van der Waals surface area contributed by atoms with E-state index in [0.29, 0.717) is 23.7 Å². The van der Waals surface area contributed by atoms with Gasteiger partial charge in [0.2, 0.25) is 0 Å². The molecule has 102 valence electrons. The van der Waals surface area contributed by atoms with Crippen LogP contribution in [0.4, 0.5) is 0 Å². The van der Waals surface area contributed by atoms with Crippen LogP contribution in [-0.2, 0) is 6.42 Å². The van der Waals surface area contributed by atoms with Gasteiger partial charge in [-0.25, -0.2) is 4.98 Å². The van der Waals surface area contributed by atoms with Crippen molar-refractivity contribution in [1.82, 2.24) is 19.6 Å². The first kappa shape index (κ1) is 12.6. The summed E-state index contributed by atoms with van der Waals surface area (Å²) in [6.45, 7) is 1.76. The van der Waals surface area contributed by atoms with E-state index in [-0.39, 0.29) is 11.6 Å². The molecule has 0 spiro atoms. The van der Waals surface area contributed by atoms with Crippen molar-refractivity contribution in [3.8, 4) is 0 Å². The van der Waals surface area contributed by atoms with Crippen LogP contribution in [0.15, 0.2) is 41.2 Å². The normalized spacial score (nSPS) is 12.7. The predicted molar refractivity (Wildman–Crippen MR) is 75.4 cm³/mol. The molecule has 3 aromatic rings. The summed E-state index contributed by atoms with van der Waals surface area (Å²) in [6, 6.07) is 11.1. The van der Waals surface area contributed by atoms with Crippen LogP contribution in [0.3, 0.4) is 0 Å². The fourth-order valence-electron chi connectivity index (χ4n) is 2.14. The Balaban J connectivity index is 1.94. The Morgan fingerprint density at radius 3 is 2.80 bits per heavy atom. The van der Waals surface area contributed by atoms with Crippen LogP contribution in [0.2, 0.25) is 0 Å². The van der Waals surface area contributed by atoms with Crippen molar-refractivity contribution in [3.05, 3.63) is 63.8 Å². The fraction of sp³-hybridized carbons (Fsp3) is 0.214. The van der Waals surface area contributed by atoms with Crippen LogP contribution in [0.25, 0.3) is 5.78 Å². The van der Waals surface area contributed by atoms with E-state index in [1.807, 2.05) is 30.3 Å². The third kappa shape index (κ3) is 2.33. The van der Waals surface area contributed by atoms with Gasteiger partial charge in [0.25, 0.3) is 11.3 Å². The number of nitrogens with two attached hydrogens (primary N) is 1. The molecule has 0 fully saturated rings. The van der Waals surface area contributed by atoms with Crippen molar-refractivity contribution in [1.29, 1.82) is 0 Å². The van der Waals surface area contributed by atoms with E-state index < -0.39 is 0 Å². The van der Waals surface area contributed by atoms with E-state index in [2.05, 4.69) is 15.1 Å². The fourth-order valence-corrected chi connectivity index (χ4v) is 2.14. The quantitative estimate of drug-likeness (QED) is 0.741. The highest BCUT2D eigenvalue weighted by Crippen LogP contribution is 2.12. The molecule has 3 N–H and O–H groups in total. The summed E-state index contributed by atoms with van der Waals surface area (Å²) in [4.78, 5) is 20.3. The van der Waals surface area contributed by atoms with Crippen LogP contribution in [0.5, 0.6) is 0 Å². The Morgan fingerprint density at radius 1 is 1.30 bits per heavy atom. The van der Waals surface area contributed by atoms with Crippen molar-refractivity contribution in [2.75, 3.05) is 0 Å². The molecule has 0 saturated carbocycles. The second-order valence-corrected chi connectivity index (χ2v) is 4.78. The van der Waals surface area contributed by atoms with Crippen LogP contribution >= 0.6 is 0 Å². The minimum Gasteiger partial charge on any atom is -0.321 e. The summed E-state index contributed by atoms with van der Waals surface area (Å²) in [7, 11) is 0. The maximum atomic E-state index is 11.8.